The largest absolute Gasteiger partial charge is 0.493 e. The maximum atomic E-state index is 12.4. The molecule has 0 aromatic heterocycles. The van der Waals surface area contributed by atoms with Crippen LogP contribution in [0.25, 0.3) is 0 Å². The molecule has 0 amide bonds. The van der Waals surface area contributed by atoms with Crippen LogP contribution in [-0.4, -0.2) is 48.5 Å². The van der Waals surface area contributed by atoms with Crippen LogP contribution in [-0.2, 0) is 19.1 Å². The van der Waals surface area contributed by atoms with Gasteiger partial charge in [0.2, 0.25) is 0 Å². The maximum Gasteiger partial charge on any atom is 0.155 e. The summed E-state index contributed by atoms with van der Waals surface area (Å²) in [5.41, 5.74) is 2.62. The summed E-state index contributed by atoms with van der Waals surface area (Å²) in [5.74, 6) is 3.54. The van der Waals surface area contributed by atoms with E-state index in [9.17, 15) is 14.4 Å². The molecule has 1 heterocycles. The van der Waals surface area contributed by atoms with E-state index in [2.05, 4.69) is 44.6 Å². The van der Waals surface area contributed by atoms with Crippen molar-refractivity contribution >= 4 is 17.3 Å². The summed E-state index contributed by atoms with van der Waals surface area (Å²) in [7, 11) is 0. The number of unbranched alkanes of at least 4 members (excludes halogenated alkanes) is 16. The van der Waals surface area contributed by atoms with Gasteiger partial charge in [-0.3, -0.25) is 9.59 Å². The van der Waals surface area contributed by atoms with E-state index in [-0.39, 0.29) is 5.78 Å². The minimum absolute atomic E-state index is 0.209. The molecule has 5 heteroatoms. The third-order valence-corrected chi connectivity index (χ3v) is 12.4. The van der Waals surface area contributed by atoms with Crippen LogP contribution >= 0.6 is 0 Å². The summed E-state index contributed by atoms with van der Waals surface area (Å²) < 4.78 is 5.23. The number of allylic oxidation sites excluding steroid dienone is 1. The van der Waals surface area contributed by atoms with Crippen molar-refractivity contribution < 1.29 is 19.1 Å². The third-order valence-electron chi connectivity index (χ3n) is 12.4. The quantitative estimate of drug-likeness (QED) is 0.0273. The predicted molar refractivity (Wildman–Crippen MR) is 251 cm³/mol. The van der Waals surface area contributed by atoms with E-state index in [0.29, 0.717) is 18.0 Å². The van der Waals surface area contributed by atoms with Crippen molar-refractivity contribution in [3.8, 4) is 0 Å². The molecular formula is C53H97NO4. The number of nitrogens with zero attached hydrogens (tertiary/aromatic N) is 1. The number of likely N-dealkylation sites (tertiary alicyclic amines) is 1. The SMILES string of the molecule is C=C=COCCCCCCCC(=O)CCC(CCCCCCCC)CCCCCCCC.C=CC(=O)CCC1CCCCC1.CC(=O)CCCCCN1CCC(C)C1. The Bertz CT molecular complexity index is 994. The zero-order chi connectivity index (χ0) is 42.7. The first-order valence-electron chi connectivity index (χ1n) is 25.1. The van der Waals surface area contributed by atoms with Gasteiger partial charge in [0.25, 0.3) is 0 Å². The smallest absolute Gasteiger partial charge is 0.155 e. The van der Waals surface area contributed by atoms with Crippen LogP contribution in [0.2, 0.25) is 0 Å². The normalized spacial score (nSPS) is 15.5. The molecule has 0 radical (unpaired) electrons. The molecule has 2 rings (SSSR count). The van der Waals surface area contributed by atoms with Crippen molar-refractivity contribution in [3.05, 3.63) is 31.2 Å². The van der Waals surface area contributed by atoms with E-state index < -0.39 is 0 Å². The first kappa shape index (κ1) is 56.0. The summed E-state index contributed by atoms with van der Waals surface area (Å²) >= 11 is 0. The number of carbonyl (C=O) groups is 3. The van der Waals surface area contributed by atoms with Crippen LogP contribution in [0.1, 0.15) is 246 Å². The molecule has 0 aromatic carbocycles. The predicted octanol–water partition coefficient (Wildman–Crippen LogP) is 15.7. The van der Waals surface area contributed by atoms with Crippen LogP contribution in [0.5, 0.6) is 0 Å². The summed E-state index contributed by atoms with van der Waals surface area (Å²) in [6.45, 7) is 20.1. The van der Waals surface area contributed by atoms with Crippen LogP contribution in [0, 0.1) is 17.8 Å². The number of Topliss-reactive ketones (excluding diaryl/α,β-unsaturated/α-hetero) is 2. The molecule has 0 spiro atoms. The molecule has 2 fully saturated rings. The highest BCUT2D eigenvalue weighted by Gasteiger charge is 2.17. The van der Waals surface area contributed by atoms with Gasteiger partial charge in [0.05, 0.1) is 6.61 Å². The number of hydrogen-bond donors (Lipinski definition) is 0. The molecule has 58 heavy (non-hydrogen) atoms. The first-order chi connectivity index (χ1) is 28.2. The van der Waals surface area contributed by atoms with Crippen LogP contribution in [0.4, 0.5) is 0 Å². The first-order valence-corrected chi connectivity index (χ1v) is 25.1. The minimum Gasteiger partial charge on any atom is -0.493 e. The van der Waals surface area contributed by atoms with Gasteiger partial charge in [-0.25, -0.2) is 0 Å². The van der Waals surface area contributed by atoms with Gasteiger partial charge in [-0.15, -0.1) is 0 Å². The number of rotatable bonds is 36. The standard InChI is InChI=1S/C30H56O2.C12H23NO.C11H18O/c1-4-7-9-11-14-18-22-29(23-19-15-12-10-8-5-2)25-26-30(31)24-20-16-13-17-21-28-32-27-6-3;1-11-7-9-13(10-11)8-5-3-4-6-12(2)14;1-2-11(12)9-8-10-6-4-3-5-7-10/h27,29H,3-5,7-26,28H2,1-2H3;11H,3-10H2,1-2H3;2,10H,1,3-9H2. The summed E-state index contributed by atoms with van der Waals surface area (Å²) in [4.78, 5) is 36.6. The van der Waals surface area contributed by atoms with Crippen LogP contribution in [0.3, 0.4) is 0 Å². The zero-order valence-electron chi connectivity index (χ0n) is 39.3. The molecule has 2 aliphatic rings. The molecule has 0 N–H and O–H groups in total. The van der Waals surface area contributed by atoms with Crippen molar-refractivity contribution in [1.82, 2.24) is 4.90 Å². The Morgan fingerprint density at radius 3 is 1.83 bits per heavy atom. The number of ether oxygens (including phenoxy) is 1. The Morgan fingerprint density at radius 1 is 0.690 bits per heavy atom. The Hall–Kier alpha value is -1.97. The molecule has 5 nitrogen and oxygen atoms in total. The Balaban J connectivity index is 0.00000101. The molecule has 1 atom stereocenters. The van der Waals surface area contributed by atoms with Gasteiger partial charge in [0.1, 0.15) is 17.8 Å². The Morgan fingerprint density at radius 2 is 1.26 bits per heavy atom. The van der Waals surface area contributed by atoms with E-state index in [0.717, 1.165) is 75.7 Å². The Kier molecular flexibility index (Phi) is 41.7. The lowest BCUT2D eigenvalue weighted by Crippen LogP contribution is -2.21. The van der Waals surface area contributed by atoms with Crippen LogP contribution < -0.4 is 0 Å². The lowest BCUT2D eigenvalue weighted by Gasteiger charge is -2.20. The zero-order valence-corrected chi connectivity index (χ0v) is 39.3. The second-order valence-corrected chi connectivity index (χ2v) is 18.2. The second kappa shape index (κ2) is 43.1. The molecule has 0 bridgehead atoms. The molecule has 1 aliphatic carbocycles. The molecule has 1 saturated heterocycles. The fourth-order valence-corrected chi connectivity index (χ4v) is 8.55. The third kappa shape index (κ3) is 39.5. The molecule has 0 aromatic rings. The van der Waals surface area contributed by atoms with Gasteiger partial charge >= 0.3 is 0 Å². The van der Waals surface area contributed by atoms with Crippen molar-refractivity contribution in [2.45, 2.75) is 246 Å². The molecular weight excluding hydrogens is 715 g/mol. The average molecular weight is 812 g/mol. The van der Waals surface area contributed by atoms with Gasteiger partial charge in [-0.1, -0.05) is 187 Å². The second-order valence-electron chi connectivity index (χ2n) is 18.2. The van der Waals surface area contributed by atoms with E-state index in [1.807, 2.05) is 0 Å². The highest BCUT2D eigenvalue weighted by Crippen LogP contribution is 2.27. The van der Waals surface area contributed by atoms with Gasteiger partial charge in [0, 0.05) is 32.2 Å². The van der Waals surface area contributed by atoms with Crippen molar-refractivity contribution in [3.63, 3.8) is 0 Å². The molecule has 1 aliphatic heterocycles. The lowest BCUT2D eigenvalue weighted by atomic mass is 9.86. The summed E-state index contributed by atoms with van der Waals surface area (Å²) in [6, 6.07) is 0. The number of carbonyl (C=O) groups excluding carboxylic acids is 3. The molecule has 1 unspecified atom stereocenters. The summed E-state index contributed by atoms with van der Waals surface area (Å²) in [5, 5.41) is 0. The fourth-order valence-electron chi connectivity index (χ4n) is 8.55. The lowest BCUT2D eigenvalue weighted by molar-refractivity contribution is -0.119. The number of ketones is 3. The number of hydrogen-bond acceptors (Lipinski definition) is 5. The van der Waals surface area contributed by atoms with E-state index in [1.165, 1.54) is 192 Å². The summed E-state index contributed by atoms with van der Waals surface area (Å²) in [6.07, 6.45) is 44.9. The van der Waals surface area contributed by atoms with Crippen LogP contribution in [0.15, 0.2) is 31.2 Å². The highest BCUT2D eigenvalue weighted by molar-refractivity contribution is 5.88. The van der Waals surface area contributed by atoms with Crippen molar-refractivity contribution in [2.24, 2.45) is 17.8 Å². The Labute approximate surface area is 361 Å². The van der Waals surface area contributed by atoms with Gasteiger partial charge in [-0.2, -0.15) is 0 Å². The maximum absolute atomic E-state index is 12.4. The van der Waals surface area contributed by atoms with E-state index in [4.69, 9.17) is 4.74 Å². The van der Waals surface area contributed by atoms with Gasteiger partial charge < -0.3 is 14.4 Å². The van der Waals surface area contributed by atoms with E-state index in [1.54, 1.807) is 6.92 Å². The van der Waals surface area contributed by atoms with Crippen molar-refractivity contribution in [1.29, 1.82) is 0 Å². The fraction of sp³-hybridized carbons (Fsp3) is 0.849. The van der Waals surface area contributed by atoms with Gasteiger partial charge in [0.15, 0.2) is 5.78 Å². The van der Waals surface area contributed by atoms with Crippen molar-refractivity contribution in [2.75, 3.05) is 26.2 Å². The highest BCUT2D eigenvalue weighted by atomic mass is 16.5. The monoisotopic (exact) mass is 812 g/mol. The minimum atomic E-state index is 0.209. The van der Waals surface area contributed by atoms with E-state index >= 15 is 0 Å². The average Bonchev–Trinajstić information content (AvgIpc) is 3.65. The molecule has 338 valence electrons. The topological polar surface area (TPSA) is 63.7 Å². The van der Waals surface area contributed by atoms with Gasteiger partial charge in [-0.05, 0) is 88.8 Å². The molecule has 1 saturated carbocycles.